The first-order valence-corrected chi connectivity index (χ1v) is 9.55. The van der Waals surface area contributed by atoms with E-state index in [2.05, 4.69) is 10.3 Å². The number of sulfone groups is 1. The van der Waals surface area contributed by atoms with E-state index < -0.39 is 21.0 Å². The smallest absolute Gasteiger partial charge is 0.287 e. The standard InChI is InChI=1S/C19H18N2O4S/c1-14-6-8-16(9-7-14)26(23,24)18(15-4-2-10-20-12-15)13-21-19(22)17-5-3-11-25-17/h2-12,18H,13H2,1H3,(H,21,22). The molecule has 3 aromatic rings. The largest absolute Gasteiger partial charge is 0.459 e. The second-order valence-corrected chi connectivity index (χ2v) is 7.95. The first-order valence-electron chi connectivity index (χ1n) is 8.00. The molecule has 0 spiro atoms. The Morgan fingerprint density at radius 3 is 2.54 bits per heavy atom. The fraction of sp³-hybridized carbons (Fsp3) is 0.158. The van der Waals surface area contributed by atoms with Gasteiger partial charge in [-0.25, -0.2) is 8.42 Å². The Labute approximate surface area is 151 Å². The number of carbonyl (C=O) groups excluding carboxylic acids is 1. The molecule has 1 unspecified atom stereocenters. The Morgan fingerprint density at radius 1 is 1.15 bits per heavy atom. The van der Waals surface area contributed by atoms with E-state index >= 15 is 0 Å². The Hall–Kier alpha value is -2.93. The number of hydrogen-bond acceptors (Lipinski definition) is 5. The minimum atomic E-state index is -3.72. The van der Waals surface area contributed by atoms with Gasteiger partial charge < -0.3 is 9.73 Å². The lowest BCUT2D eigenvalue weighted by atomic mass is 10.2. The van der Waals surface area contributed by atoms with Gasteiger partial charge >= 0.3 is 0 Å². The highest BCUT2D eigenvalue weighted by Gasteiger charge is 2.30. The van der Waals surface area contributed by atoms with Crippen LogP contribution in [-0.4, -0.2) is 25.9 Å². The highest BCUT2D eigenvalue weighted by Crippen LogP contribution is 2.28. The number of amides is 1. The third-order valence-electron chi connectivity index (χ3n) is 3.97. The summed E-state index contributed by atoms with van der Waals surface area (Å²) in [5.74, 6) is -0.342. The highest BCUT2D eigenvalue weighted by molar-refractivity contribution is 7.91. The van der Waals surface area contributed by atoms with Gasteiger partial charge in [0.15, 0.2) is 15.6 Å². The lowest BCUT2D eigenvalue weighted by Crippen LogP contribution is -2.31. The number of aryl methyl sites for hydroxylation is 1. The molecular weight excluding hydrogens is 352 g/mol. The normalized spacial score (nSPS) is 12.5. The van der Waals surface area contributed by atoms with Crippen LogP contribution in [0.25, 0.3) is 0 Å². The fourth-order valence-electron chi connectivity index (χ4n) is 2.55. The van der Waals surface area contributed by atoms with E-state index in [1.54, 1.807) is 48.7 Å². The first-order chi connectivity index (χ1) is 12.5. The van der Waals surface area contributed by atoms with Crippen LogP contribution >= 0.6 is 0 Å². The molecule has 0 saturated carbocycles. The molecule has 0 aliphatic rings. The number of aromatic nitrogens is 1. The van der Waals surface area contributed by atoms with Crippen molar-refractivity contribution >= 4 is 15.7 Å². The van der Waals surface area contributed by atoms with Gasteiger partial charge in [0, 0.05) is 18.9 Å². The van der Waals surface area contributed by atoms with Gasteiger partial charge in [0.05, 0.1) is 11.2 Å². The molecule has 0 aliphatic heterocycles. The van der Waals surface area contributed by atoms with Gasteiger partial charge in [-0.15, -0.1) is 0 Å². The molecule has 0 aliphatic carbocycles. The fourth-order valence-corrected chi connectivity index (χ4v) is 4.19. The third-order valence-corrected chi connectivity index (χ3v) is 6.09. The molecule has 1 atom stereocenters. The second-order valence-electron chi connectivity index (χ2n) is 5.82. The van der Waals surface area contributed by atoms with Crippen LogP contribution in [-0.2, 0) is 9.84 Å². The van der Waals surface area contributed by atoms with Crippen LogP contribution in [0.5, 0.6) is 0 Å². The SMILES string of the molecule is Cc1ccc(S(=O)(=O)C(CNC(=O)c2ccco2)c2cccnc2)cc1. The third kappa shape index (κ3) is 3.83. The van der Waals surface area contributed by atoms with Crippen molar-refractivity contribution in [3.05, 3.63) is 84.1 Å². The Balaban J connectivity index is 1.91. The van der Waals surface area contributed by atoms with Crippen molar-refractivity contribution in [2.45, 2.75) is 17.1 Å². The molecule has 3 rings (SSSR count). The van der Waals surface area contributed by atoms with Crippen molar-refractivity contribution < 1.29 is 17.6 Å². The van der Waals surface area contributed by atoms with Gasteiger partial charge in [0.25, 0.3) is 5.91 Å². The molecule has 1 N–H and O–H groups in total. The van der Waals surface area contributed by atoms with Crippen LogP contribution in [0.15, 0.2) is 76.5 Å². The van der Waals surface area contributed by atoms with Crippen molar-refractivity contribution in [3.63, 3.8) is 0 Å². The van der Waals surface area contributed by atoms with Crippen LogP contribution in [0.1, 0.15) is 26.9 Å². The number of furan rings is 1. The lowest BCUT2D eigenvalue weighted by Gasteiger charge is -2.18. The summed E-state index contributed by atoms with van der Waals surface area (Å²) in [4.78, 5) is 16.3. The summed E-state index contributed by atoms with van der Waals surface area (Å²) in [6, 6.07) is 13.1. The van der Waals surface area contributed by atoms with Crippen molar-refractivity contribution in [2.24, 2.45) is 0 Å². The maximum absolute atomic E-state index is 13.1. The molecule has 0 fully saturated rings. The molecule has 0 saturated heterocycles. The molecule has 2 heterocycles. The zero-order valence-electron chi connectivity index (χ0n) is 14.1. The number of benzene rings is 1. The van der Waals surface area contributed by atoms with E-state index in [-0.39, 0.29) is 17.2 Å². The minimum absolute atomic E-state index is 0.0958. The number of hydrogen-bond donors (Lipinski definition) is 1. The van der Waals surface area contributed by atoms with Gasteiger partial charge in [-0.05, 0) is 42.8 Å². The predicted molar refractivity (Wildman–Crippen MR) is 96.4 cm³/mol. The van der Waals surface area contributed by atoms with E-state index in [9.17, 15) is 13.2 Å². The minimum Gasteiger partial charge on any atom is -0.459 e. The Bertz CT molecular complexity index is 966. The quantitative estimate of drug-likeness (QED) is 0.721. The van der Waals surface area contributed by atoms with Crippen LogP contribution in [0.2, 0.25) is 0 Å². The molecule has 0 bridgehead atoms. The summed E-state index contributed by atoms with van der Waals surface area (Å²) in [7, 11) is -3.72. The molecule has 1 amide bonds. The summed E-state index contributed by atoms with van der Waals surface area (Å²) in [5.41, 5.74) is 1.47. The second kappa shape index (κ2) is 7.53. The van der Waals surface area contributed by atoms with E-state index in [0.29, 0.717) is 5.56 Å². The number of carbonyl (C=O) groups is 1. The summed E-state index contributed by atoms with van der Waals surface area (Å²) < 4.78 is 31.3. The summed E-state index contributed by atoms with van der Waals surface area (Å²) in [5, 5.41) is 1.67. The van der Waals surface area contributed by atoms with Crippen molar-refractivity contribution in [1.29, 1.82) is 0 Å². The predicted octanol–water partition coefficient (Wildman–Crippen LogP) is 2.93. The summed E-state index contributed by atoms with van der Waals surface area (Å²) in [6.45, 7) is 1.79. The number of rotatable bonds is 6. The van der Waals surface area contributed by atoms with Crippen LogP contribution in [0.4, 0.5) is 0 Å². The first kappa shape index (κ1) is 17.9. The van der Waals surface area contributed by atoms with Crippen molar-refractivity contribution in [1.82, 2.24) is 10.3 Å². The van der Waals surface area contributed by atoms with Crippen molar-refractivity contribution in [2.75, 3.05) is 6.54 Å². The Kier molecular flexibility index (Phi) is 5.18. The van der Waals surface area contributed by atoms with Crippen LogP contribution in [0.3, 0.4) is 0 Å². The highest BCUT2D eigenvalue weighted by atomic mass is 32.2. The molecule has 26 heavy (non-hydrogen) atoms. The van der Waals surface area contributed by atoms with Gasteiger partial charge in [-0.1, -0.05) is 23.8 Å². The van der Waals surface area contributed by atoms with E-state index in [1.165, 1.54) is 18.5 Å². The van der Waals surface area contributed by atoms with Gasteiger partial charge in [0.2, 0.25) is 0 Å². The maximum atomic E-state index is 13.1. The monoisotopic (exact) mass is 370 g/mol. The number of nitrogens with one attached hydrogen (secondary N) is 1. The Morgan fingerprint density at radius 2 is 1.92 bits per heavy atom. The van der Waals surface area contributed by atoms with Crippen LogP contribution < -0.4 is 5.32 Å². The summed E-state index contributed by atoms with van der Waals surface area (Å²) >= 11 is 0. The number of pyridine rings is 1. The van der Waals surface area contributed by atoms with E-state index in [4.69, 9.17) is 4.42 Å². The molecule has 0 radical (unpaired) electrons. The topological polar surface area (TPSA) is 89.3 Å². The van der Waals surface area contributed by atoms with E-state index in [0.717, 1.165) is 5.56 Å². The van der Waals surface area contributed by atoms with Crippen molar-refractivity contribution in [3.8, 4) is 0 Å². The van der Waals surface area contributed by atoms with Gasteiger partial charge in [-0.3, -0.25) is 9.78 Å². The number of nitrogens with zero attached hydrogens (tertiary/aromatic N) is 1. The lowest BCUT2D eigenvalue weighted by molar-refractivity contribution is 0.0926. The average Bonchev–Trinajstić information content (AvgIpc) is 3.17. The molecular formula is C19H18N2O4S. The molecule has 1 aromatic carbocycles. The molecule has 134 valence electrons. The van der Waals surface area contributed by atoms with Crippen LogP contribution in [0, 0.1) is 6.92 Å². The molecule has 6 nitrogen and oxygen atoms in total. The zero-order chi connectivity index (χ0) is 18.6. The van der Waals surface area contributed by atoms with Gasteiger partial charge in [-0.2, -0.15) is 0 Å². The zero-order valence-corrected chi connectivity index (χ0v) is 14.9. The van der Waals surface area contributed by atoms with E-state index in [1.807, 2.05) is 6.92 Å². The van der Waals surface area contributed by atoms with Gasteiger partial charge in [0.1, 0.15) is 5.25 Å². The summed E-state index contributed by atoms with van der Waals surface area (Å²) in [6.07, 6.45) is 4.45. The average molecular weight is 370 g/mol. The maximum Gasteiger partial charge on any atom is 0.287 e. The molecule has 7 heteroatoms. The molecule has 2 aromatic heterocycles.